The number of ketones is 1. The summed E-state index contributed by atoms with van der Waals surface area (Å²) in [6.07, 6.45) is 5.45. The molecule has 24 heavy (non-hydrogen) atoms. The van der Waals surface area contributed by atoms with E-state index in [1.54, 1.807) is 0 Å². The number of aromatic nitrogens is 2. The quantitative estimate of drug-likeness (QED) is 0.713. The molecule has 0 bridgehead atoms. The molecule has 0 radical (unpaired) electrons. The third kappa shape index (κ3) is 2.90. The Balaban J connectivity index is 1.75. The van der Waals surface area contributed by atoms with Crippen molar-refractivity contribution in [1.82, 2.24) is 9.78 Å². The molecule has 0 amide bonds. The van der Waals surface area contributed by atoms with Crippen molar-refractivity contribution in [3.63, 3.8) is 0 Å². The average molecular weight is 316 g/mol. The Kier molecular flexibility index (Phi) is 3.99. The van der Waals surface area contributed by atoms with Crippen molar-refractivity contribution in [2.45, 2.75) is 31.7 Å². The van der Waals surface area contributed by atoms with Crippen LogP contribution in [0.25, 0.3) is 11.3 Å². The number of nitrogens with zero attached hydrogens (tertiary/aromatic N) is 2. The minimum absolute atomic E-state index is 0.0861. The van der Waals surface area contributed by atoms with Crippen molar-refractivity contribution < 1.29 is 4.79 Å². The molecule has 3 heteroatoms. The monoisotopic (exact) mass is 316 g/mol. The third-order valence-corrected chi connectivity index (χ3v) is 4.68. The number of benzene rings is 2. The molecule has 4 rings (SSSR count). The summed E-state index contributed by atoms with van der Waals surface area (Å²) in [4.78, 5) is 12.1. The molecule has 120 valence electrons. The van der Waals surface area contributed by atoms with Gasteiger partial charge in [0, 0.05) is 30.2 Å². The molecule has 0 saturated heterocycles. The highest BCUT2D eigenvalue weighted by atomic mass is 16.1. The van der Waals surface area contributed by atoms with E-state index in [-0.39, 0.29) is 6.04 Å². The van der Waals surface area contributed by atoms with Crippen LogP contribution >= 0.6 is 0 Å². The van der Waals surface area contributed by atoms with Gasteiger partial charge in [0.05, 0.1) is 5.69 Å². The van der Waals surface area contributed by atoms with E-state index in [4.69, 9.17) is 5.10 Å². The van der Waals surface area contributed by atoms with Gasteiger partial charge in [-0.2, -0.15) is 5.10 Å². The minimum Gasteiger partial charge on any atom is -0.297 e. The molecule has 1 aromatic heterocycles. The van der Waals surface area contributed by atoms with Crippen LogP contribution in [0.1, 0.15) is 36.4 Å². The van der Waals surface area contributed by atoms with E-state index in [1.807, 2.05) is 28.9 Å². The number of carbonyl (C=O) groups excluding carboxylic acids is 1. The summed E-state index contributed by atoms with van der Waals surface area (Å²) in [7, 11) is 0. The Morgan fingerprint density at radius 1 is 1.00 bits per heavy atom. The van der Waals surface area contributed by atoms with Crippen LogP contribution in [0.3, 0.4) is 0 Å². The van der Waals surface area contributed by atoms with E-state index in [0.717, 1.165) is 30.5 Å². The summed E-state index contributed by atoms with van der Waals surface area (Å²) in [5.41, 5.74) is 4.52. The smallest absolute Gasteiger partial charge is 0.157 e. The summed E-state index contributed by atoms with van der Waals surface area (Å²) < 4.78 is 1.90. The number of hydrogen-bond acceptors (Lipinski definition) is 2. The first-order valence-electron chi connectivity index (χ1n) is 8.51. The van der Waals surface area contributed by atoms with Gasteiger partial charge in [0.25, 0.3) is 0 Å². The van der Waals surface area contributed by atoms with Crippen LogP contribution in [-0.2, 0) is 11.2 Å². The zero-order valence-electron chi connectivity index (χ0n) is 13.6. The number of rotatable bonds is 4. The molecule has 1 fully saturated rings. The van der Waals surface area contributed by atoms with Gasteiger partial charge >= 0.3 is 0 Å². The second kappa shape index (κ2) is 6.44. The van der Waals surface area contributed by atoms with Gasteiger partial charge in [-0.25, -0.2) is 0 Å². The Labute approximate surface area is 141 Å². The van der Waals surface area contributed by atoms with Crippen LogP contribution in [0.4, 0.5) is 0 Å². The normalized spacial score (nSPS) is 17.3. The number of hydrogen-bond donors (Lipinski definition) is 0. The Morgan fingerprint density at radius 2 is 1.71 bits per heavy atom. The summed E-state index contributed by atoms with van der Waals surface area (Å²) in [5.74, 6) is 0.309. The molecule has 1 atom stereocenters. The van der Waals surface area contributed by atoms with Gasteiger partial charge in [-0.05, 0) is 18.4 Å². The first kappa shape index (κ1) is 14.9. The fourth-order valence-corrected chi connectivity index (χ4v) is 3.45. The molecular formula is C21H20N2O. The third-order valence-electron chi connectivity index (χ3n) is 4.68. The Morgan fingerprint density at radius 3 is 2.38 bits per heavy atom. The SMILES string of the molecule is O=C1CCCC1n1cc(Cc2ccccc2)c(-c2ccccc2)n1. The molecule has 1 unspecified atom stereocenters. The van der Waals surface area contributed by atoms with Crippen LogP contribution in [0.15, 0.2) is 66.9 Å². The van der Waals surface area contributed by atoms with E-state index in [2.05, 4.69) is 42.6 Å². The Hall–Kier alpha value is -2.68. The lowest BCUT2D eigenvalue weighted by molar-refractivity contribution is -0.120. The summed E-state index contributed by atoms with van der Waals surface area (Å²) in [6.45, 7) is 0. The fourth-order valence-electron chi connectivity index (χ4n) is 3.45. The predicted molar refractivity (Wildman–Crippen MR) is 94.8 cm³/mol. The molecule has 0 spiro atoms. The van der Waals surface area contributed by atoms with Crippen molar-refractivity contribution in [2.75, 3.05) is 0 Å². The molecule has 3 aromatic rings. The molecule has 1 saturated carbocycles. The van der Waals surface area contributed by atoms with E-state index in [0.29, 0.717) is 12.2 Å². The topological polar surface area (TPSA) is 34.9 Å². The average Bonchev–Trinajstić information content (AvgIpc) is 3.23. The molecule has 0 aliphatic heterocycles. The van der Waals surface area contributed by atoms with Crippen LogP contribution in [0, 0.1) is 0 Å². The van der Waals surface area contributed by atoms with Crippen LogP contribution in [-0.4, -0.2) is 15.6 Å². The maximum atomic E-state index is 12.1. The standard InChI is InChI=1S/C21H20N2O/c24-20-13-7-12-19(20)23-15-18(14-16-8-3-1-4-9-16)21(22-23)17-10-5-2-6-11-17/h1-6,8-11,15,19H,7,12-14H2. The molecule has 0 N–H and O–H groups in total. The highest BCUT2D eigenvalue weighted by Gasteiger charge is 2.27. The highest BCUT2D eigenvalue weighted by molar-refractivity contribution is 5.84. The van der Waals surface area contributed by atoms with E-state index >= 15 is 0 Å². The van der Waals surface area contributed by atoms with Gasteiger partial charge in [0.1, 0.15) is 6.04 Å². The zero-order valence-corrected chi connectivity index (χ0v) is 13.6. The van der Waals surface area contributed by atoms with Crippen molar-refractivity contribution in [1.29, 1.82) is 0 Å². The minimum atomic E-state index is -0.0861. The lowest BCUT2D eigenvalue weighted by Gasteiger charge is -2.07. The van der Waals surface area contributed by atoms with Crippen molar-refractivity contribution >= 4 is 5.78 Å². The molecule has 2 aromatic carbocycles. The molecule has 1 aliphatic rings. The first-order chi connectivity index (χ1) is 11.8. The predicted octanol–water partition coefficient (Wildman–Crippen LogP) is 4.44. The molecule has 1 aliphatic carbocycles. The lowest BCUT2D eigenvalue weighted by Crippen LogP contribution is -2.13. The lowest BCUT2D eigenvalue weighted by atomic mass is 10.0. The Bertz CT molecular complexity index is 837. The summed E-state index contributed by atoms with van der Waals surface area (Å²) in [6, 6.07) is 20.6. The van der Waals surface area contributed by atoms with Crippen LogP contribution < -0.4 is 0 Å². The van der Waals surface area contributed by atoms with Gasteiger partial charge in [-0.15, -0.1) is 0 Å². The first-order valence-corrected chi connectivity index (χ1v) is 8.51. The second-order valence-electron chi connectivity index (χ2n) is 6.39. The largest absolute Gasteiger partial charge is 0.297 e. The maximum absolute atomic E-state index is 12.1. The van der Waals surface area contributed by atoms with Gasteiger partial charge in [0.2, 0.25) is 0 Å². The fraction of sp³-hybridized carbons (Fsp3) is 0.238. The van der Waals surface area contributed by atoms with Gasteiger partial charge in [-0.1, -0.05) is 60.7 Å². The van der Waals surface area contributed by atoms with E-state index in [9.17, 15) is 4.79 Å². The molecular weight excluding hydrogens is 296 g/mol. The summed E-state index contributed by atoms with van der Waals surface area (Å²) >= 11 is 0. The number of Topliss-reactive ketones (excluding diaryl/α,β-unsaturated/α-hetero) is 1. The van der Waals surface area contributed by atoms with Gasteiger partial charge < -0.3 is 0 Å². The van der Waals surface area contributed by atoms with Crippen molar-refractivity contribution in [2.24, 2.45) is 0 Å². The van der Waals surface area contributed by atoms with Crippen LogP contribution in [0.2, 0.25) is 0 Å². The van der Waals surface area contributed by atoms with Crippen molar-refractivity contribution in [3.05, 3.63) is 78.0 Å². The zero-order chi connectivity index (χ0) is 16.4. The summed E-state index contributed by atoms with van der Waals surface area (Å²) in [5, 5.41) is 4.80. The maximum Gasteiger partial charge on any atom is 0.157 e. The van der Waals surface area contributed by atoms with Gasteiger partial charge in [0.15, 0.2) is 5.78 Å². The van der Waals surface area contributed by atoms with E-state index < -0.39 is 0 Å². The molecule has 3 nitrogen and oxygen atoms in total. The van der Waals surface area contributed by atoms with E-state index in [1.165, 1.54) is 11.1 Å². The second-order valence-corrected chi connectivity index (χ2v) is 6.39. The van der Waals surface area contributed by atoms with Gasteiger partial charge in [-0.3, -0.25) is 9.48 Å². The van der Waals surface area contributed by atoms with Crippen molar-refractivity contribution in [3.8, 4) is 11.3 Å². The highest BCUT2D eigenvalue weighted by Crippen LogP contribution is 2.30. The number of carbonyl (C=O) groups is 1. The van der Waals surface area contributed by atoms with Crippen LogP contribution in [0.5, 0.6) is 0 Å². The molecule has 1 heterocycles.